The maximum absolute atomic E-state index is 13.4. The number of carbonyl (C=O) groups excluding carboxylic acids is 1. The number of aryl methyl sites for hydroxylation is 1. The SMILES string of the molecule is CCCNC(=O)N(Cc1ccco1)Cc1c(-c2ccccc2)nn(C)c1Oc1ccc(F)cc1. The molecular formula is C26H27FN4O3. The van der Waals surface area contributed by atoms with Crippen LogP contribution in [0.5, 0.6) is 11.6 Å². The van der Waals surface area contributed by atoms with Gasteiger partial charge in [0.05, 0.1) is 24.9 Å². The minimum Gasteiger partial charge on any atom is -0.467 e. The van der Waals surface area contributed by atoms with Gasteiger partial charge in [0.1, 0.15) is 23.0 Å². The summed E-state index contributed by atoms with van der Waals surface area (Å²) in [5.74, 6) is 1.26. The van der Waals surface area contributed by atoms with Crippen LogP contribution in [0.15, 0.2) is 77.4 Å². The number of amides is 2. The highest BCUT2D eigenvalue weighted by molar-refractivity contribution is 5.75. The Morgan fingerprint density at radius 1 is 1.09 bits per heavy atom. The monoisotopic (exact) mass is 462 g/mol. The van der Waals surface area contributed by atoms with E-state index >= 15 is 0 Å². The first kappa shape index (κ1) is 23.1. The minimum atomic E-state index is -0.347. The van der Waals surface area contributed by atoms with E-state index < -0.39 is 0 Å². The third kappa shape index (κ3) is 5.46. The van der Waals surface area contributed by atoms with Crippen LogP contribution in [0.2, 0.25) is 0 Å². The zero-order valence-electron chi connectivity index (χ0n) is 19.2. The van der Waals surface area contributed by atoms with Crippen LogP contribution in [0.25, 0.3) is 11.3 Å². The molecule has 2 aromatic heterocycles. The second-order valence-corrected chi connectivity index (χ2v) is 7.85. The maximum atomic E-state index is 13.4. The van der Waals surface area contributed by atoms with Gasteiger partial charge >= 0.3 is 6.03 Å². The summed E-state index contributed by atoms with van der Waals surface area (Å²) in [5, 5.41) is 7.64. The predicted octanol–water partition coefficient (Wildman–Crippen LogP) is 5.73. The first-order valence-electron chi connectivity index (χ1n) is 11.1. The lowest BCUT2D eigenvalue weighted by Gasteiger charge is -2.23. The van der Waals surface area contributed by atoms with Crippen LogP contribution in [0.3, 0.4) is 0 Å². The van der Waals surface area contributed by atoms with E-state index in [1.165, 1.54) is 12.1 Å². The molecule has 8 heteroatoms. The molecule has 2 amide bonds. The Hall–Kier alpha value is -4.07. The average molecular weight is 463 g/mol. The van der Waals surface area contributed by atoms with Gasteiger partial charge in [-0.05, 0) is 42.8 Å². The molecule has 0 aliphatic carbocycles. The van der Waals surface area contributed by atoms with Crippen molar-refractivity contribution in [3.8, 4) is 22.9 Å². The summed E-state index contributed by atoms with van der Waals surface area (Å²) in [5.41, 5.74) is 2.33. The predicted molar refractivity (Wildman–Crippen MR) is 127 cm³/mol. The van der Waals surface area contributed by atoms with Crippen molar-refractivity contribution in [3.05, 3.63) is 90.1 Å². The molecule has 4 aromatic rings. The van der Waals surface area contributed by atoms with E-state index in [0.29, 0.717) is 29.6 Å². The average Bonchev–Trinajstić information content (AvgIpc) is 3.47. The van der Waals surface area contributed by atoms with Gasteiger partial charge in [-0.2, -0.15) is 5.10 Å². The summed E-state index contributed by atoms with van der Waals surface area (Å²) < 4.78 is 26.7. The van der Waals surface area contributed by atoms with Crippen LogP contribution in [0.4, 0.5) is 9.18 Å². The van der Waals surface area contributed by atoms with E-state index in [9.17, 15) is 9.18 Å². The molecule has 0 atom stereocenters. The van der Waals surface area contributed by atoms with E-state index in [0.717, 1.165) is 17.5 Å². The summed E-state index contributed by atoms with van der Waals surface area (Å²) in [6.07, 6.45) is 2.40. The number of halogens is 1. The van der Waals surface area contributed by atoms with E-state index in [4.69, 9.17) is 14.3 Å². The standard InChI is InChI=1S/C26H27FN4O3/c1-3-15-28-26(32)31(17-22-10-7-16-33-22)18-23-24(19-8-5-4-6-9-19)29-30(2)25(23)34-21-13-11-20(27)12-14-21/h4-14,16H,3,15,17-18H2,1-2H3,(H,28,32). The number of benzene rings is 2. The molecule has 2 heterocycles. The summed E-state index contributed by atoms with van der Waals surface area (Å²) in [4.78, 5) is 14.7. The Labute approximate surface area is 197 Å². The summed E-state index contributed by atoms with van der Waals surface area (Å²) in [7, 11) is 1.78. The van der Waals surface area contributed by atoms with Crippen LogP contribution < -0.4 is 10.1 Å². The molecule has 0 radical (unpaired) electrons. The van der Waals surface area contributed by atoms with Gasteiger partial charge in [-0.15, -0.1) is 0 Å². The number of rotatable bonds is 9. The number of nitrogens with one attached hydrogen (secondary N) is 1. The topological polar surface area (TPSA) is 72.5 Å². The van der Waals surface area contributed by atoms with Crippen molar-refractivity contribution in [2.75, 3.05) is 6.54 Å². The van der Waals surface area contributed by atoms with Crippen LogP contribution in [0.1, 0.15) is 24.7 Å². The van der Waals surface area contributed by atoms with Gasteiger partial charge in [-0.3, -0.25) is 0 Å². The molecule has 0 unspecified atom stereocenters. The molecule has 34 heavy (non-hydrogen) atoms. The van der Waals surface area contributed by atoms with Gasteiger partial charge in [-0.25, -0.2) is 13.9 Å². The van der Waals surface area contributed by atoms with Crippen LogP contribution in [-0.2, 0) is 20.1 Å². The third-order valence-electron chi connectivity index (χ3n) is 5.25. The van der Waals surface area contributed by atoms with Gasteiger partial charge in [0, 0.05) is 19.2 Å². The molecule has 4 rings (SSSR count). The zero-order chi connectivity index (χ0) is 23.9. The Morgan fingerprint density at radius 3 is 2.53 bits per heavy atom. The second-order valence-electron chi connectivity index (χ2n) is 7.85. The van der Waals surface area contributed by atoms with Crippen LogP contribution in [0, 0.1) is 5.82 Å². The normalized spacial score (nSPS) is 10.8. The number of hydrogen-bond donors (Lipinski definition) is 1. The van der Waals surface area contributed by atoms with Gasteiger partial charge < -0.3 is 19.4 Å². The molecule has 0 saturated heterocycles. The van der Waals surface area contributed by atoms with E-state index in [1.807, 2.05) is 43.3 Å². The molecule has 1 N–H and O–H groups in total. The number of aromatic nitrogens is 2. The van der Waals surface area contributed by atoms with Crippen molar-refractivity contribution in [1.82, 2.24) is 20.0 Å². The van der Waals surface area contributed by atoms with Gasteiger partial charge in [0.25, 0.3) is 0 Å². The number of nitrogens with zero attached hydrogens (tertiary/aromatic N) is 3. The van der Waals surface area contributed by atoms with Crippen molar-refractivity contribution in [2.45, 2.75) is 26.4 Å². The molecule has 0 bridgehead atoms. The highest BCUT2D eigenvalue weighted by atomic mass is 19.1. The summed E-state index contributed by atoms with van der Waals surface area (Å²) in [6, 6.07) is 18.9. The summed E-state index contributed by atoms with van der Waals surface area (Å²) >= 11 is 0. The number of carbonyl (C=O) groups is 1. The molecular weight excluding hydrogens is 435 g/mol. The van der Waals surface area contributed by atoms with Gasteiger partial charge in [0.2, 0.25) is 5.88 Å². The first-order chi connectivity index (χ1) is 16.5. The minimum absolute atomic E-state index is 0.214. The molecule has 0 aliphatic heterocycles. The van der Waals surface area contributed by atoms with Crippen molar-refractivity contribution in [3.63, 3.8) is 0 Å². The number of urea groups is 1. The van der Waals surface area contributed by atoms with E-state index in [1.54, 1.807) is 41.1 Å². The molecule has 7 nitrogen and oxygen atoms in total. The zero-order valence-corrected chi connectivity index (χ0v) is 19.2. The van der Waals surface area contributed by atoms with Crippen LogP contribution in [-0.4, -0.2) is 27.3 Å². The van der Waals surface area contributed by atoms with E-state index in [2.05, 4.69) is 5.32 Å². The first-order valence-corrected chi connectivity index (χ1v) is 11.1. The second kappa shape index (κ2) is 10.7. The molecule has 0 spiro atoms. The fourth-order valence-electron chi connectivity index (χ4n) is 3.59. The molecule has 2 aromatic carbocycles. The third-order valence-corrected chi connectivity index (χ3v) is 5.25. The highest BCUT2D eigenvalue weighted by Crippen LogP contribution is 2.34. The molecule has 176 valence electrons. The Morgan fingerprint density at radius 2 is 1.85 bits per heavy atom. The fraction of sp³-hybridized carbons (Fsp3) is 0.231. The quantitative estimate of drug-likeness (QED) is 0.345. The van der Waals surface area contributed by atoms with Gasteiger partial charge in [-0.1, -0.05) is 37.3 Å². The van der Waals surface area contributed by atoms with E-state index in [-0.39, 0.29) is 24.9 Å². The number of furan rings is 1. The van der Waals surface area contributed by atoms with Crippen molar-refractivity contribution >= 4 is 6.03 Å². The smallest absolute Gasteiger partial charge is 0.318 e. The summed E-state index contributed by atoms with van der Waals surface area (Å²) in [6.45, 7) is 3.07. The number of ether oxygens (including phenoxy) is 1. The highest BCUT2D eigenvalue weighted by Gasteiger charge is 2.25. The Bertz CT molecular complexity index is 1210. The Balaban J connectivity index is 1.74. The van der Waals surface area contributed by atoms with Crippen molar-refractivity contribution < 1.29 is 18.3 Å². The van der Waals surface area contributed by atoms with Crippen molar-refractivity contribution in [2.24, 2.45) is 7.05 Å². The number of hydrogen-bond acceptors (Lipinski definition) is 4. The molecule has 0 saturated carbocycles. The molecule has 0 aliphatic rings. The van der Waals surface area contributed by atoms with Gasteiger partial charge in [0.15, 0.2) is 0 Å². The lowest BCUT2D eigenvalue weighted by molar-refractivity contribution is 0.187. The molecule has 0 fully saturated rings. The largest absolute Gasteiger partial charge is 0.467 e. The fourth-order valence-corrected chi connectivity index (χ4v) is 3.59. The maximum Gasteiger partial charge on any atom is 0.318 e. The lowest BCUT2D eigenvalue weighted by atomic mass is 10.1. The van der Waals surface area contributed by atoms with Crippen LogP contribution >= 0.6 is 0 Å². The Kier molecular flexibility index (Phi) is 7.27. The lowest BCUT2D eigenvalue weighted by Crippen LogP contribution is -2.39. The van der Waals surface area contributed by atoms with Crippen molar-refractivity contribution in [1.29, 1.82) is 0 Å².